The Hall–Kier alpha value is -0.990. The number of halogens is 2. The zero-order valence-corrected chi connectivity index (χ0v) is 12.1. The molecular formula is C11H11BrFNO4S. The smallest absolute Gasteiger partial charge is 0.303 e. The molecule has 8 heteroatoms. The third kappa shape index (κ3) is 2.96. The Bertz CT molecular complexity index is 613. The Morgan fingerprint density at radius 3 is 2.63 bits per heavy atom. The molecular weight excluding hydrogens is 341 g/mol. The van der Waals surface area contributed by atoms with Crippen LogP contribution >= 0.6 is 15.9 Å². The molecule has 0 saturated carbocycles. The lowest BCUT2D eigenvalue weighted by atomic mass is 10.00. The Kier molecular flexibility index (Phi) is 3.93. The molecule has 0 aliphatic carbocycles. The van der Waals surface area contributed by atoms with Gasteiger partial charge in [-0.1, -0.05) is 15.9 Å². The van der Waals surface area contributed by atoms with E-state index in [-0.39, 0.29) is 30.3 Å². The van der Waals surface area contributed by atoms with E-state index >= 15 is 0 Å². The van der Waals surface area contributed by atoms with Crippen LogP contribution in [0.25, 0.3) is 0 Å². The van der Waals surface area contributed by atoms with Crippen molar-refractivity contribution in [3.05, 3.63) is 28.5 Å². The van der Waals surface area contributed by atoms with Crippen molar-refractivity contribution in [2.24, 2.45) is 5.92 Å². The second-order valence-corrected chi connectivity index (χ2v) is 7.18. The van der Waals surface area contributed by atoms with Crippen LogP contribution in [0.4, 0.5) is 4.39 Å². The third-order valence-electron chi connectivity index (χ3n) is 2.90. The van der Waals surface area contributed by atoms with Gasteiger partial charge in [0.1, 0.15) is 10.7 Å². The fourth-order valence-electron chi connectivity index (χ4n) is 1.92. The van der Waals surface area contributed by atoms with Crippen molar-refractivity contribution in [2.45, 2.75) is 11.3 Å². The van der Waals surface area contributed by atoms with Crippen LogP contribution in [-0.4, -0.2) is 36.9 Å². The Balaban J connectivity index is 2.14. The molecule has 0 radical (unpaired) electrons. The summed E-state index contributed by atoms with van der Waals surface area (Å²) < 4.78 is 39.4. The zero-order valence-electron chi connectivity index (χ0n) is 9.71. The standard InChI is InChI=1S/C11H11BrFNO4S/c12-8-1-2-10(9(13)4-8)19(17,18)14-5-7(6-14)3-11(15)16/h1-2,4,7H,3,5-6H2,(H,15,16). The fourth-order valence-corrected chi connectivity index (χ4v) is 3.89. The van der Waals surface area contributed by atoms with Crippen LogP contribution in [0.2, 0.25) is 0 Å². The van der Waals surface area contributed by atoms with E-state index in [1.165, 1.54) is 12.1 Å². The number of rotatable bonds is 4. The summed E-state index contributed by atoms with van der Waals surface area (Å²) in [4.78, 5) is 10.1. The monoisotopic (exact) mass is 351 g/mol. The first-order valence-electron chi connectivity index (χ1n) is 5.47. The second-order valence-electron chi connectivity index (χ2n) is 4.36. The minimum atomic E-state index is -3.87. The van der Waals surface area contributed by atoms with Gasteiger partial charge in [-0.05, 0) is 24.1 Å². The van der Waals surface area contributed by atoms with E-state index in [1.807, 2.05) is 0 Å². The second kappa shape index (κ2) is 5.18. The van der Waals surface area contributed by atoms with Crippen LogP contribution in [0.1, 0.15) is 6.42 Å². The maximum atomic E-state index is 13.6. The predicted octanol–water partition coefficient (Wildman–Crippen LogP) is 1.68. The molecule has 1 heterocycles. The van der Waals surface area contributed by atoms with Gasteiger partial charge in [-0.25, -0.2) is 12.8 Å². The first-order valence-corrected chi connectivity index (χ1v) is 7.71. The van der Waals surface area contributed by atoms with Gasteiger partial charge in [0.05, 0.1) is 6.42 Å². The van der Waals surface area contributed by atoms with E-state index in [4.69, 9.17) is 5.11 Å². The highest BCUT2D eigenvalue weighted by Crippen LogP contribution is 2.29. The SMILES string of the molecule is O=C(O)CC1CN(S(=O)(=O)c2ccc(Br)cc2F)C1. The largest absolute Gasteiger partial charge is 0.481 e. The number of carboxylic acid groups (broad SMARTS) is 1. The summed E-state index contributed by atoms with van der Waals surface area (Å²) in [5, 5.41) is 8.60. The number of hydrogen-bond acceptors (Lipinski definition) is 3. The number of hydrogen-bond donors (Lipinski definition) is 1. The molecule has 1 saturated heterocycles. The molecule has 0 atom stereocenters. The average molecular weight is 352 g/mol. The van der Waals surface area contributed by atoms with Crippen LogP contribution in [0, 0.1) is 11.7 Å². The van der Waals surface area contributed by atoms with Crippen molar-refractivity contribution in [1.29, 1.82) is 0 Å². The molecule has 0 bridgehead atoms. The first kappa shape index (κ1) is 14.4. The molecule has 2 rings (SSSR count). The molecule has 5 nitrogen and oxygen atoms in total. The number of aliphatic carboxylic acids is 1. The van der Waals surface area contributed by atoms with Crippen LogP contribution in [0.15, 0.2) is 27.6 Å². The molecule has 1 N–H and O–H groups in total. The minimum absolute atomic E-state index is 0.0746. The highest BCUT2D eigenvalue weighted by molar-refractivity contribution is 9.10. The Labute approximate surface area is 118 Å². The molecule has 0 amide bonds. The van der Waals surface area contributed by atoms with E-state index in [0.717, 1.165) is 10.4 Å². The van der Waals surface area contributed by atoms with E-state index in [0.29, 0.717) is 4.47 Å². The average Bonchev–Trinajstić information content (AvgIpc) is 2.21. The van der Waals surface area contributed by atoms with Crippen LogP contribution in [0.3, 0.4) is 0 Å². The maximum absolute atomic E-state index is 13.6. The minimum Gasteiger partial charge on any atom is -0.481 e. The summed E-state index contributed by atoms with van der Waals surface area (Å²) in [6.07, 6.45) is -0.0746. The van der Waals surface area contributed by atoms with Gasteiger partial charge < -0.3 is 5.11 Å². The third-order valence-corrected chi connectivity index (χ3v) is 5.26. The van der Waals surface area contributed by atoms with E-state index < -0.39 is 21.8 Å². The molecule has 104 valence electrons. The number of carboxylic acids is 1. The van der Waals surface area contributed by atoms with E-state index in [9.17, 15) is 17.6 Å². The van der Waals surface area contributed by atoms with Gasteiger partial charge in [0.15, 0.2) is 0 Å². The maximum Gasteiger partial charge on any atom is 0.303 e. The van der Waals surface area contributed by atoms with E-state index in [1.54, 1.807) is 0 Å². The summed E-state index contributed by atoms with van der Waals surface area (Å²) in [5.74, 6) is -1.99. The molecule has 19 heavy (non-hydrogen) atoms. The lowest BCUT2D eigenvalue weighted by molar-refractivity contribution is -0.139. The number of carbonyl (C=O) groups is 1. The van der Waals surface area contributed by atoms with Crippen LogP contribution in [0.5, 0.6) is 0 Å². The number of sulfonamides is 1. The number of nitrogens with zero attached hydrogens (tertiary/aromatic N) is 1. The van der Waals surface area contributed by atoms with Crippen molar-refractivity contribution in [3.8, 4) is 0 Å². The van der Waals surface area contributed by atoms with Gasteiger partial charge in [-0.3, -0.25) is 4.79 Å². The summed E-state index contributed by atoms with van der Waals surface area (Å²) in [5.41, 5.74) is 0. The predicted molar refractivity (Wildman–Crippen MR) is 68.6 cm³/mol. The highest BCUT2D eigenvalue weighted by atomic mass is 79.9. The van der Waals surface area contributed by atoms with Gasteiger partial charge in [0, 0.05) is 17.6 Å². The van der Waals surface area contributed by atoms with Crippen molar-refractivity contribution in [1.82, 2.24) is 4.31 Å². The van der Waals surface area contributed by atoms with Crippen molar-refractivity contribution in [3.63, 3.8) is 0 Å². The molecule has 1 aliphatic rings. The summed E-state index contributed by atoms with van der Waals surface area (Å²) in [6, 6.07) is 3.73. The quantitative estimate of drug-likeness (QED) is 0.895. The molecule has 1 aromatic rings. The Morgan fingerprint density at radius 2 is 2.11 bits per heavy atom. The van der Waals surface area contributed by atoms with Gasteiger partial charge in [-0.2, -0.15) is 4.31 Å². The van der Waals surface area contributed by atoms with E-state index in [2.05, 4.69) is 15.9 Å². The number of benzene rings is 1. The summed E-state index contributed by atoms with van der Waals surface area (Å²) >= 11 is 3.05. The van der Waals surface area contributed by atoms with Gasteiger partial charge >= 0.3 is 5.97 Å². The van der Waals surface area contributed by atoms with Gasteiger partial charge in [0.2, 0.25) is 10.0 Å². The normalized spacial score (nSPS) is 17.2. The first-order chi connectivity index (χ1) is 8.80. The molecule has 0 aromatic heterocycles. The van der Waals surface area contributed by atoms with Crippen molar-refractivity contribution < 1.29 is 22.7 Å². The lowest BCUT2D eigenvalue weighted by Crippen LogP contribution is -2.50. The van der Waals surface area contributed by atoms with Gasteiger partial charge in [-0.15, -0.1) is 0 Å². The summed E-state index contributed by atoms with van der Waals surface area (Å²) in [6.45, 7) is 0.230. The van der Waals surface area contributed by atoms with Crippen molar-refractivity contribution >= 4 is 31.9 Å². The molecule has 1 fully saturated rings. The molecule has 1 aromatic carbocycles. The lowest BCUT2D eigenvalue weighted by Gasteiger charge is -2.37. The van der Waals surface area contributed by atoms with Crippen LogP contribution in [-0.2, 0) is 14.8 Å². The zero-order chi connectivity index (χ0) is 14.2. The highest BCUT2D eigenvalue weighted by Gasteiger charge is 2.38. The van der Waals surface area contributed by atoms with Crippen molar-refractivity contribution in [2.75, 3.05) is 13.1 Å². The molecule has 1 aliphatic heterocycles. The topological polar surface area (TPSA) is 74.7 Å². The molecule has 0 unspecified atom stereocenters. The Morgan fingerprint density at radius 1 is 1.47 bits per heavy atom. The molecule has 0 spiro atoms. The fraction of sp³-hybridized carbons (Fsp3) is 0.364. The summed E-state index contributed by atoms with van der Waals surface area (Å²) in [7, 11) is -3.87. The van der Waals surface area contributed by atoms with Crippen LogP contribution < -0.4 is 0 Å². The van der Waals surface area contributed by atoms with Gasteiger partial charge in [0.25, 0.3) is 0 Å².